The summed E-state index contributed by atoms with van der Waals surface area (Å²) in [5, 5.41) is 31.1. The maximum absolute atomic E-state index is 11.5. The van der Waals surface area contributed by atoms with Gasteiger partial charge in [-0.05, 0) is 41.8 Å². The van der Waals surface area contributed by atoms with Crippen molar-refractivity contribution in [1.82, 2.24) is 5.32 Å². The predicted molar refractivity (Wildman–Crippen MR) is 144 cm³/mol. The van der Waals surface area contributed by atoms with Crippen molar-refractivity contribution in [2.45, 2.75) is 38.6 Å². The summed E-state index contributed by atoms with van der Waals surface area (Å²) in [6, 6.07) is 10.1. The summed E-state index contributed by atoms with van der Waals surface area (Å²) >= 11 is 0. The number of halogens is 3. The summed E-state index contributed by atoms with van der Waals surface area (Å²) in [6.07, 6.45) is -2.72. The number of carbonyl (C=O) groups is 1. The number of phenolic OH excluding ortho intramolecular Hbond substituents is 1. The number of alkyl halides is 3. The molecule has 0 heterocycles. The highest BCUT2D eigenvalue weighted by molar-refractivity contribution is 7.92. The number of hydrogen-bond acceptors (Lipinski definition) is 8. The van der Waals surface area contributed by atoms with Crippen molar-refractivity contribution in [3.8, 4) is 17.2 Å². The molecule has 0 amide bonds. The fourth-order valence-electron chi connectivity index (χ4n) is 3.55. The maximum Gasteiger partial charge on any atom is 0.490 e. The number of aliphatic hydroxyl groups is 1. The van der Waals surface area contributed by atoms with E-state index in [9.17, 15) is 31.8 Å². The third kappa shape index (κ3) is 10.9. The van der Waals surface area contributed by atoms with Gasteiger partial charge in [0.2, 0.25) is 10.0 Å². The summed E-state index contributed by atoms with van der Waals surface area (Å²) in [5.74, 6) is -1.70. The van der Waals surface area contributed by atoms with Crippen molar-refractivity contribution in [3.63, 3.8) is 0 Å². The zero-order chi connectivity index (χ0) is 30.9. The zero-order valence-corrected chi connectivity index (χ0v) is 23.6. The van der Waals surface area contributed by atoms with Crippen molar-refractivity contribution in [2.24, 2.45) is 5.41 Å². The van der Waals surface area contributed by atoms with E-state index in [0.717, 1.165) is 11.8 Å². The van der Waals surface area contributed by atoms with E-state index in [1.807, 2.05) is 38.1 Å². The molecule has 0 aliphatic carbocycles. The monoisotopic (exact) mass is 592 g/mol. The maximum atomic E-state index is 11.5. The molecule has 5 N–H and O–H groups in total. The number of sulfonamides is 1. The molecule has 2 atom stereocenters. The first-order valence-electron chi connectivity index (χ1n) is 11.7. The molecule has 224 valence electrons. The number of phenols is 1. The molecule has 0 aromatic heterocycles. The highest BCUT2D eigenvalue weighted by Gasteiger charge is 2.38. The Hall–Kier alpha value is -3.49. The van der Waals surface area contributed by atoms with Crippen LogP contribution in [0.15, 0.2) is 49.1 Å². The molecule has 10 nitrogen and oxygen atoms in total. The Morgan fingerprint density at radius 2 is 1.68 bits per heavy atom. The van der Waals surface area contributed by atoms with Crippen LogP contribution in [-0.4, -0.2) is 69.0 Å². The Morgan fingerprint density at radius 1 is 1.10 bits per heavy atom. The number of carboxylic acid groups (broad SMARTS) is 1. The van der Waals surface area contributed by atoms with Crippen LogP contribution in [0, 0.1) is 5.41 Å². The highest BCUT2D eigenvalue weighted by Crippen LogP contribution is 2.38. The molecular formula is C26H35F3N2O8S. The number of nitrogens with one attached hydrogen (secondary N) is 2. The molecule has 0 fully saturated rings. The SMILES string of the molecule is C=CC(C)(C)C(NC[C@@H](O)Cc1ccc(O)c(NS(C)(=O)=O)c1)c1ccc(OC)c(OC)c1.O=C(O)C(F)(F)F. The van der Waals surface area contributed by atoms with Gasteiger partial charge in [0.25, 0.3) is 0 Å². The quantitative estimate of drug-likeness (QED) is 0.183. The molecule has 0 bridgehead atoms. The van der Waals surface area contributed by atoms with E-state index in [1.54, 1.807) is 20.3 Å². The Labute approximate surface area is 231 Å². The van der Waals surface area contributed by atoms with Gasteiger partial charge in [-0.2, -0.15) is 13.2 Å². The van der Waals surface area contributed by atoms with Crippen LogP contribution in [0.1, 0.15) is 31.0 Å². The molecule has 0 spiro atoms. The molecule has 0 aliphatic rings. The first kappa shape index (κ1) is 34.5. The number of aliphatic hydroxyl groups excluding tert-OH is 1. The molecule has 1 unspecified atom stereocenters. The lowest BCUT2D eigenvalue weighted by Gasteiger charge is -2.34. The molecule has 2 aromatic rings. The van der Waals surface area contributed by atoms with Crippen molar-refractivity contribution < 1.29 is 51.2 Å². The Kier molecular flexibility index (Phi) is 12.3. The van der Waals surface area contributed by atoms with Gasteiger partial charge in [0, 0.05) is 18.0 Å². The van der Waals surface area contributed by atoms with Crippen molar-refractivity contribution in [3.05, 3.63) is 60.2 Å². The molecule has 40 heavy (non-hydrogen) atoms. The van der Waals surface area contributed by atoms with Gasteiger partial charge in [-0.1, -0.05) is 32.1 Å². The van der Waals surface area contributed by atoms with Crippen LogP contribution in [0.2, 0.25) is 0 Å². The standard InChI is InChI=1S/C24H34N2O6S.C2HF3O2/c1-7-24(2,3)23(17-9-11-21(31-4)22(14-17)32-5)25-15-18(27)12-16-8-10-20(28)19(13-16)26-33(6,29)30;3-2(4,5)1(6)7/h7-11,13-14,18,23,25-28H,1,12,15H2,2-6H3;(H,6,7)/t18-,23?;/m0./s1. The Morgan fingerprint density at radius 3 is 2.15 bits per heavy atom. The first-order valence-corrected chi connectivity index (χ1v) is 13.6. The Balaban J connectivity index is 0.00000101. The Bertz CT molecular complexity index is 1270. The molecule has 0 radical (unpaired) electrons. The van der Waals surface area contributed by atoms with Crippen molar-refractivity contribution >= 4 is 21.7 Å². The minimum atomic E-state index is -5.08. The number of hydrogen-bond donors (Lipinski definition) is 5. The summed E-state index contributed by atoms with van der Waals surface area (Å²) in [4.78, 5) is 8.90. The van der Waals surface area contributed by atoms with Gasteiger partial charge in [0.15, 0.2) is 11.5 Å². The number of methoxy groups -OCH3 is 2. The van der Waals surface area contributed by atoms with Crippen LogP contribution in [0.5, 0.6) is 17.2 Å². The summed E-state index contributed by atoms with van der Waals surface area (Å²) in [5.41, 5.74) is 1.36. The molecule has 14 heteroatoms. The average molecular weight is 593 g/mol. The number of rotatable bonds is 12. The average Bonchev–Trinajstić information content (AvgIpc) is 2.84. The van der Waals surface area contributed by atoms with Gasteiger partial charge in [0.1, 0.15) is 5.75 Å². The molecule has 2 aromatic carbocycles. The van der Waals surface area contributed by atoms with Gasteiger partial charge in [-0.15, -0.1) is 6.58 Å². The number of benzene rings is 2. The lowest BCUT2D eigenvalue weighted by Crippen LogP contribution is -2.38. The number of aliphatic carboxylic acids is 1. The highest BCUT2D eigenvalue weighted by atomic mass is 32.2. The second-order valence-corrected chi connectivity index (χ2v) is 11.1. The van der Waals surface area contributed by atoms with Crippen molar-refractivity contribution in [2.75, 3.05) is 31.7 Å². The summed E-state index contributed by atoms with van der Waals surface area (Å²) in [7, 11) is -0.379. The van der Waals surface area contributed by atoms with Crippen LogP contribution >= 0.6 is 0 Å². The third-order valence-corrected chi connectivity index (χ3v) is 6.23. The molecule has 0 aliphatic heterocycles. The van der Waals surface area contributed by atoms with E-state index in [0.29, 0.717) is 17.1 Å². The van der Waals surface area contributed by atoms with Gasteiger partial charge >= 0.3 is 12.1 Å². The van der Waals surface area contributed by atoms with Gasteiger partial charge in [-0.3, -0.25) is 4.72 Å². The lowest BCUT2D eigenvalue weighted by atomic mass is 9.80. The molecule has 0 saturated heterocycles. The van der Waals surface area contributed by atoms with E-state index < -0.39 is 28.3 Å². The van der Waals surface area contributed by atoms with E-state index in [1.165, 1.54) is 12.1 Å². The van der Waals surface area contributed by atoms with E-state index in [4.69, 9.17) is 19.4 Å². The second kappa shape index (κ2) is 14.2. The number of ether oxygens (including phenoxy) is 2. The normalized spacial score (nSPS) is 13.3. The minimum Gasteiger partial charge on any atom is -0.506 e. The van der Waals surface area contributed by atoms with Crippen LogP contribution in [0.25, 0.3) is 0 Å². The predicted octanol–water partition coefficient (Wildman–Crippen LogP) is 3.86. The van der Waals surface area contributed by atoms with Crippen LogP contribution < -0.4 is 19.5 Å². The third-order valence-electron chi connectivity index (χ3n) is 5.64. The van der Waals surface area contributed by atoms with Crippen molar-refractivity contribution in [1.29, 1.82) is 0 Å². The minimum absolute atomic E-state index is 0.0751. The first-order chi connectivity index (χ1) is 18.3. The number of carboxylic acids is 1. The molecule has 0 saturated carbocycles. The van der Waals surface area contributed by atoms with Gasteiger partial charge in [0.05, 0.1) is 32.3 Å². The number of anilines is 1. The molecule has 2 rings (SSSR count). The van der Waals surface area contributed by atoms with Crippen LogP contribution in [-0.2, 0) is 21.2 Å². The van der Waals surface area contributed by atoms with E-state index in [-0.39, 0.29) is 35.9 Å². The van der Waals surface area contributed by atoms with E-state index >= 15 is 0 Å². The summed E-state index contributed by atoms with van der Waals surface area (Å²) < 4.78 is 67.8. The number of aromatic hydroxyl groups is 1. The fourth-order valence-corrected chi connectivity index (χ4v) is 4.11. The van der Waals surface area contributed by atoms with Gasteiger partial charge < -0.3 is 30.1 Å². The van der Waals surface area contributed by atoms with E-state index in [2.05, 4.69) is 16.6 Å². The second-order valence-electron chi connectivity index (χ2n) is 9.37. The van der Waals surface area contributed by atoms with Gasteiger partial charge in [-0.25, -0.2) is 13.2 Å². The largest absolute Gasteiger partial charge is 0.506 e. The lowest BCUT2D eigenvalue weighted by molar-refractivity contribution is -0.192. The zero-order valence-electron chi connectivity index (χ0n) is 22.7. The molecular weight excluding hydrogens is 557 g/mol. The fraction of sp³-hybridized carbons (Fsp3) is 0.423. The van der Waals surface area contributed by atoms with Crippen LogP contribution in [0.3, 0.4) is 0 Å². The topological polar surface area (TPSA) is 154 Å². The smallest absolute Gasteiger partial charge is 0.490 e. The summed E-state index contributed by atoms with van der Waals surface area (Å²) in [6.45, 7) is 8.32. The van der Waals surface area contributed by atoms with Crippen LogP contribution in [0.4, 0.5) is 18.9 Å².